The van der Waals surface area contributed by atoms with Gasteiger partial charge in [0.2, 0.25) is 0 Å². The number of anilines is 1. The van der Waals surface area contributed by atoms with E-state index in [2.05, 4.69) is 31.2 Å². The number of halogens is 1. The third-order valence-electron chi connectivity index (χ3n) is 3.78. The Kier molecular flexibility index (Phi) is 4.62. The van der Waals surface area contributed by atoms with Crippen LogP contribution in [0.5, 0.6) is 0 Å². The minimum Gasteiger partial charge on any atom is -0.444 e. The highest BCUT2D eigenvalue weighted by Crippen LogP contribution is 2.25. The molecule has 0 unspecified atom stereocenters. The average Bonchev–Trinajstić information content (AvgIpc) is 2.95. The number of nitrogens with zero attached hydrogens (tertiary/aromatic N) is 3. The van der Waals surface area contributed by atoms with Crippen LogP contribution >= 0.6 is 15.9 Å². The van der Waals surface area contributed by atoms with Gasteiger partial charge >= 0.3 is 6.09 Å². The van der Waals surface area contributed by atoms with Crippen LogP contribution in [0.1, 0.15) is 27.2 Å². The predicted octanol–water partition coefficient (Wildman–Crippen LogP) is 3.81. The van der Waals surface area contributed by atoms with Crippen LogP contribution in [0, 0.1) is 0 Å². The summed E-state index contributed by atoms with van der Waals surface area (Å²) in [6.07, 6.45) is 2.15. The van der Waals surface area contributed by atoms with E-state index in [0.29, 0.717) is 13.1 Å². The maximum atomic E-state index is 12.2. The lowest BCUT2D eigenvalue weighted by atomic mass is 10.2. The van der Waals surface area contributed by atoms with Crippen LogP contribution in [0.2, 0.25) is 0 Å². The van der Waals surface area contributed by atoms with Crippen LogP contribution in [0.15, 0.2) is 29.0 Å². The second-order valence-corrected chi connectivity index (χ2v) is 7.86. The fourth-order valence-corrected chi connectivity index (χ4v) is 3.07. The number of likely N-dealkylation sites (tertiary alicyclic amines) is 1. The molecule has 2 heterocycles. The van der Waals surface area contributed by atoms with Crippen molar-refractivity contribution in [1.82, 2.24) is 14.9 Å². The summed E-state index contributed by atoms with van der Waals surface area (Å²) >= 11 is 3.48. The molecule has 1 aromatic heterocycles. The number of aromatic nitrogens is 2. The third-order valence-corrected chi connectivity index (χ3v) is 4.27. The number of benzene rings is 1. The van der Waals surface area contributed by atoms with Gasteiger partial charge in [-0.1, -0.05) is 15.9 Å². The molecule has 0 bridgehead atoms. The quantitative estimate of drug-likeness (QED) is 0.841. The minimum atomic E-state index is -0.474. The molecule has 0 spiro atoms. The highest BCUT2D eigenvalue weighted by atomic mass is 79.9. The minimum absolute atomic E-state index is 0.148. The van der Waals surface area contributed by atoms with E-state index in [1.54, 1.807) is 11.2 Å². The Labute approximate surface area is 149 Å². The Morgan fingerprint density at radius 3 is 2.92 bits per heavy atom. The molecule has 128 valence electrons. The van der Waals surface area contributed by atoms with E-state index in [4.69, 9.17) is 4.74 Å². The van der Waals surface area contributed by atoms with Crippen molar-refractivity contribution in [3.8, 4) is 0 Å². The van der Waals surface area contributed by atoms with E-state index >= 15 is 0 Å². The van der Waals surface area contributed by atoms with Gasteiger partial charge in [-0.05, 0) is 45.4 Å². The first-order valence-electron chi connectivity index (χ1n) is 7.96. The molecule has 1 atom stereocenters. The van der Waals surface area contributed by atoms with Crippen LogP contribution in [0.4, 0.5) is 10.6 Å². The van der Waals surface area contributed by atoms with E-state index < -0.39 is 5.60 Å². The van der Waals surface area contributed by atoms with Crippen molar-refractivity contribution in [2.75, 3.05) is 18.4 Å². The van der Waals surface area contributed by atoms with Gasteiger partial charge in [-0.25, -0.2) is 14.8 Å². The van der Waals surface area contributed by atoms with Crippen molar-refractivity contribution in [3.63, 3.8) is 0 Å². The summed E-state index contributed by atoms with van der Waals surface area (Å²) in [5.41, 5.74) is 0.412. The zero-order valence-corrected chi connectivity index (χ0v) is 15.6. The number of nitrogens with one attached hydrogen (secondary N) is 1. The van der Waals surface area contributed by atoms with Crippen molar-refractivity contribution < 1.29 is 9.53 Å². The van der Waals surface area contributed by atoms with E-state index in [1.807, 2.05) is 39.0 Å². The summed E-state index contributed by atoms with van der Waals surface area (Å²) in [4.78, 5) is 22.5. The van der Waals surface area contributed by atoms with Crippen LogP contribution in [0.25, 0.3) is 10.9 Å². The number of rotatable bonds is 2. The van der Waals surface area contributed by atoms with E-state index in [0.717, 1.165) is 27.6 Å². The molecule has 1 N–H and O–H groups in total. The number of carbonyl (C=O) groups excluding carboxylic acids is 1. The Morgan fingerprint density at radius 2 is 2.17 bits per heavy atom. The maximum absolute atomic E-state index is 12.2. The molecular weight excluding hydrogens is 372 g/mol. The Bertz CT molecular complexity index is 760. The normalized spacial score (nSPS) is 18.0. The van der Waals surface area contributed by atoms with E-state index in [-0.39, 0.29) is 12.1 Å². The second kappa shape index (κ2) is 6.55. The number of hydrogen-bond acceptors (Lipinski definition) is 5. The van der Waals surface area contributed by atoms with Gasteiger partial charge in [0.15, 0.2) is 0 Å². The summed E-state index contributed by atoms with van der Waals surface area (Å²) < 4.78 is 6.41. The first kappa shape index (κ1) is 17.0. The molecule has 0 saturated carbocycles. The molecule has 6 nitrogen and oxygen atoms in total. The monoisotopic (exact) mass is 392 g/mol. The van der Waals surface area contributed by atoms with Crippen LogP contribution in [0.3, 0.4) is 0 Å². The summed E-state index contributed by atoms with van der Waals surface area (Å²) in [5.74, 6) is 0.789. The summed E-state index contributed by atoms with van der Waals surface area (Å²) in [6.45, 7) is 6.92. The molecule has 7 heteroatoms. The van der Waals surface area contributed by atoms with Gasteiger partial charge in [0.05, 0.1) is 5.52 Å². The smallest absolute Gasteiger partial charge is 0.410 e. The molecule has 1 amide bonds. The highest BCUT2D eigenvalue weighted by Gasteiger charge is 2.30. The molecule has 1 fully saturated rings. The van der Waals surface area contributed by atoms with Crippen molar-refractivity contribution >= 4 is 38.7 Å². The molecule has 1 aliphatic heterocycles. The van der Waals surface area contributed by atoms with Crippen molar-refractivity contribution in [2.45, 2.75) is 38.8 Å². The lowest BCUT2D eigenvalue weighted by Gasteiger charge is -2.24. The number of fused-ring (bicyclic) bond motifs is 1. The molecule has 3 rings (SSSR count). The molecular formula is C17H21BrN4O2. The second-order valence-electron chi connectivity index (χ2n) is 6.94. The number of amides is 1. The molecule has 2 aromatic rings. The molecule has 24 heavy (non-hydrogen) atoms. The molecule has 1 aliphatic rings. The van der Waals surface area contributed by atoms with Gasteiger partial charge in [0.25, 0.3) is 0 Å². The molecule has 1 aromatic carbocycles. The standard InChI is InChI=1S/C17H21BrN4O2/c1-17(2,3)24-16(23)22-7-6-12(9-22)21-15-13-8-11(18)4-5-14(13)19-10-20-15/h4-5,8,10,12H,6-7,9H2,1-3H3,(H,19,20,21)/t12-/m0/s1. The Balaban J connectivity index is 1.70. The van der Waals surface area contributed by atoms with Gasteiger partial charge in [-0.3, -0.25) is 0 Å². The maximum Gasteiger partial charge on any atom is 0.410 e. The first-order chi connectivity index (χ1) is 11.3. The lowest BCUT2D eigenvalue weighted by molar-refractivity contribution is 0.0293. The summed E-state index contributed by atoms with van der Waals surface area (Å²) in [6, 6.07) is 6.06. The molecule has 0 aliphatic carbocycles. The van der Waals surface area contributed by atoms with E-state index in [9.17, 15) is 4.79 Å². The van der Waals surface area contributed by atoms with Gasteiger partial charge in [-0.2, -0.15) is 0 Å². The SMILES string of the molecule is CC(C)(C)OC(=O)N1CC[C@H](Nc2ncnc3ccc(Br)cc23)C1. The zero-order valence-electron chi connectivity index (χ0n) is 14.0. The summed E-state index contributed by atoms with van der Waals surface area (Å²) in [5, 5.41) is 4.40. The average molecular weight is 393 g/mol. The fraction of sp³-hybridized carbons (Fsp3) is 0.471. The van der Waals surface area contributed by atoms with Crippen LogP contribution < -0.4 is 5.32 Å². The zero-order chi connectivity index (χ0) is 17.3. The van der Waals surface area contributed by atoms with E-state index in [1.165, 1.54) is 0 Å². The molecule has 0 radical (unpaired) electrons. The number of carbonyl (C=O) groups is 1. The predicted molar refractivity (Wildman–Crippen MR) is 97.1 cm³/mol. The van der Waals surface area contributed by atoms with Gasteiger partial charge in [0, 0.05) is 29.0 Å². The van der Waals surface area contributed by atoms with Gasteiger partial charge in [-0.15, -0.1) is 0 Å². The van der Waals surface area contributed by atoms with Gasteiger partial charge in [0.1, 0.15) is 17.7 Å². The number of hydrogen-bond donors (Lipinski definition) is 1. The van der Waals surface area contributed by atoms with Crippen LogP contribution in [-0.2, 0) is 4.74 Å². The summed E-state index contributed by atoms with van der Waals surface area (Å²) in [7, 11) is 0. The van der Waals surface area contributed by atoms with Crippen molar-refractivity contribution in [3.05, 3.63) is 29.0 Å². The highest BCUT2D eigenvalue weighted by molar-refractivity contribution is 9.10. The Morgan fingerprint density at radius 1 is 1.38 bits per heavy atom. The number of ether oxygens (including phenoxy) is 1. The lowest BCUT2D eigenvalue weighted by Crippen LogP contribution is -2.36. The first-order valence-corrected chi connectivity index (χ1v) is 8.76. The largest absolute Gasteiger partial charge is 0.444 e. The van der Waals surface area contributed by atoms with Crippen molar-refractivity contribution in [1.29, 1.82) is 0 Å². The topological polar surface area (TPSA) is 67.3 Å². The Hall–Kier alpha value is -1.89. The van der Waals surface area contributed by atoms with Crippen LogP contribution in [-0.4, -0.2) is 45.7 Å². The third kappa shape index (κ3) is 3.95. The van der Waals surface area contributed by atoms with Crippen molar-refractivity contribution in [2.24, 2.45) is 0 Å². The van der Waals surface area contributed by atoms with Gasteiger partial charge < -0.3 is 15.0 Å². The fourth-order valence-electron chi connectivity index (χ4n) is 2.71. The molecule has 1 saturated heterocycles.